The van der Waals surface area contributed by atoms with E-state index >= 15 is 0 Å². The van der Waals surface area contributed by atoms with Crippen molar-refractivity contribution in [1.82, 2.24) is 0 Å². The molecule has 2 unspecified atom stereocenters. The predicted molar refractivity (Wildman–Crippen MR) is 49.3 cm³/mol. The van der Waals surface area contributed by atoms with Crippen LogP contribution in [0.3, 0.4) is 0 Å². The second-order valence-electron chi connectivity index (χ2n) is 3.29. The second-order valence-corrected chi connectivity index (χ2v) is 3.69. The first-order chi connectivity index (χ1) is 5.19. The van der Waals surface area contributed by atoms with Gasteiger partial charge in [-0.15, -0.1) is 0 Å². The van der Waals surface area contributed by atoms with E-state index in [4.69, 9.17) is 0 Å². The average molecular weight is 217 g/mol. The Balaban J connectivity index is 2.69. The first-order valence-corrected chi connectivity index (χ1v) is 4.83. The zero-order valence-electron chi connectivity index (χ0n) is 6.73. The standard InChI is InChI=1S/C9H13BrO/c1-8-4-2-3-5-9(8,11)6-7-10/h8,11H,2-5H2,1H3. The van der Waals surface area contributed by atoms with Crippen molar-refractivity contribution in [3.05, 3.63) is 0 Å². The molecule has 2 atom stereocenters. The van der Waals surface area contributed by atoms with Crippen LogP contribution in [0.1, 0.15) is 32.6 Å². The van der Waals surface area contributed by atoms with E-state index in [0.717, 1.165) is 19.3 Å². The predicted octanol–water partition coefficient (Wildman–Crippen LogP) is 2.28. The second kappa shape index (κ2) is 3.60. The molecule has 0 amide bonds. The topological polar surface area (TPSA) is 20.2 Å². The van der Waals surface area contributed by atoms with E-state index in [0.29, 0.717) is 5.92 Å². The van der Waals surface area contributed by atoms with Crippen molar-refractivity contribution in [2.24, 2.45) is 5.92 Å². The Hall–Kier alpha value is 0. The molecular formula is C9H13BrO. The quantitative estimate of drug-likeness (QED) is 0.617. The molecule has 1 fully saturated rings. The summed E-state index contributed by atoms with van der Waals surface area (Å²) in [6, 6.07) is 0. The molecule has 0 aromatic carbocycles. The third-order valence-electron chi connectivity index (χ3n) is 2.52. The molecule has 0 spiro atoms. The van der Waals surface area contributed by atoms with Crippen LogP contribution in [0.5, 0.6) is 0 Å². The molecule has 1 saturated carbocycles. The normalized spacial score (nSPS) is 37.5. The number of rotatable bonds is 0. The third-order valence-corrected chi connectivity index (χ3v) is 2.72. The summed E-state index contributed by atoms with van der Waals surface area (Å²) in [4.78, 5) is 2.62. The third kappa shape index (κ3) is 1.98. The summed E-state index contributed by atoms with van der Waals surface area (Å²) in [5, 5.41) is 9.94. The molecule has 0 aliphatic heterocycles. The van der Waals surface area contributed by atoms with Gasteiger partial charge in [0.05, 0.1) is 0 Å². The summed E-state index contributed by atoms with van der Waals surface area (Å²) in [6.45, 7) is 2.07. The highest BCUT2D eigenvalue weighted by Crippen LogP contribution is 2.32. The Labute approximate surface area is 76.3 Å². The van der Waals surface area contributed by atoms with E-state index in [9.17, 15) is 5.11 Å². The van der Waals surface area contributed by atoms with Crippen molar-refractivity contribution >= 4 is 15.9 Å². The molecule has 11 heavy (non-hydrogen) atoms. The molecule has 62 valence electrons. The van der Waals surface area contributed by atoms with Gasteiger partial charge in [-0.25, -0.2) is 0 Å². The largest absolute Gasteiger partial charge is 0.377 e. The fourth-order valence-corrected chi connectivity index (χ4v) is 1.94. The molecule has 1 nitrogen and oxygen atoms in total. The fraction of sp³-hybridized carbons (Fsp3) is 0.778. The maximum absolute atomic E-state index is 9.94. The molecule has 0 aromatic rings. The van der Waals surface area contributed by atoms with Crippen molar-refractivity contribution in [2.75, 3.05) is 0 Å². The van der Waals surface area contributed by atoms with Gasteiger partial charge in [-0.05, 0) is 30.0 Å². The van der Waals surface area contributed by atoms with Gasteiger partial charge >= 0.3 is 0 Å². The first kappa shape index (κ1) is 9.09. The highest BCUT2D eigenvalue weighted by molar-refractivity contribution is 9.12. The maximum atomic E-state index is 9.94. The zero-order valence-corrected chi connectivity index (χ0v) is 8.32. The minimum atomic E-state index is -0.720. The summed E-state index contributed by atoms with van der Waals surface area (Å²) in [5.41, 5.74) is -0.720. The van der Waals surface area contributed by atoms with E-state index in [1.54, 1.807) is 0 Å². The van der Waals surface area contributed by atoms with Crippen molar-refractivity contribution in [1.29, 1.82) is 0 Å². The summed E-state index contributed by atoms with van der Waals surface area (Å²) in [7, 11) is 0. The summed E-state index contributed by atoms with van der Waals surface area (Å²) in [5.74, 6) is 3.15. The van der Waals surface area contributed by atoms with Crippen molar-refractivity contribution in [2.45, 2.75) is 38.2 Å². The van der Waals surface area contributed by atoms with E-state index in [2.05, 4.69) is 33.6 Å². The molecule has 1 rings (SSSR count). The van der Waals surface area contributed by atoms with E-state index < -0.39 is 5.60 Å². The molecule has 0 heterocycles. The van der Waals surface area contributed by atoms with Gasteiger partial charge in [-0.2, -0.15) is 0 Å². The zero-order chi connectivity index (χ0) is 8.32. The van der Waals surface area contributed by atoms with Crippen molar-refractivity contribution in [3.63, 3.8) is 0 Å². The fourth-order valence-electron chi connectivity index (χ4n) is 1.60. The molecular weight excluding hydrogens is 204 g/mol. The van der Waals surface area contributed by atoms with Crippen molar-refractivity contribution < 1.29 is 5.11 Å². The molecule has 0 saturated heterocycles. The lowest BCUT2D eigenvalue weighted by molar-refractivity contribution is 0.0127. The monoisotopic (exact) mass is 216 g/mol. The van der Waals surface area contributed by atoms with Crippen LogP contribution < -0.4 is 0 Å². The van der Waals surface area contributed by atoms with Gasteiger partial charge in [0.2, 0.25) is 0 Å². The van der Waals surface area contributed by atoms with Crippen LogP contribution in [0, 0.1) is 16.7 Å². The summed E-state index contributed by atoms with van der Waals surface area (Å²) < 4.78 is 0. The number of hydrogen-bond donors (Lipinski definition) is 1. The molecule has 0 aromatic heterocycles. The van der Waals surface area contributed by atoms with Crippen LogP contribution in [0.25, 0.3) is 0 Å². The van der Waals surface area contributed by atoms with Crippen LogP contribution in [-0.4, -0.2) is 10.7 Å². The van der Waals surface area contributed by atoms with Gasteiger partial charge < -0.3 is 5.11 Å². The van der Waals surface area contributed by atoms with Crippen LogP contribution in [-0.2, 0) is 0 Å². The number of hydrogen-bond acceptors (Lipinski definition) is 1. The first-order valence-electron chi connectivity index (χ1n) is 4.04. The average Bonchev–Trinajstić information content (AvgIpc) is 1.96. The maximum Gasteiger partial charge on any atom is 0.128 e. The Bertz CT molecular complexity index is 191. The minimum absolute atomic E-state index is 0.321. The highest BCUT2D eigenvalue weighted by atomic mass is 79.9. The van der Waals surface area contributed by atoms with E-state index in [1.807, 2.05) is 0 Å². The van der Waals surface area contributed by atoms with Gasteiger partial charge in [0.25, 0.3) is 0 Å². The molecule has 0 bridgehead atoms. The lowest BCUT2D eigenvalue weighted by atomic mass is 9.77. The number of aliphatic hydroxyl groups is 1. The van der Waals surface area contributed by atoms with Gasteiger partial charge in [-0.1, -0.05) is 19.3 Å². The SMILES string of the molecule is CC1CCCCC1(O)C#CBr. The van der Waals surface area contributed by atoms with E-state index in [1.165, 1.54) is 6.42 Å². The smallest absolute Gasteiger partial charge is 0.128 e. The highest BCUT2D eigenvalue weighted by Gasteiger charge is 2.33. The Morgan fingerprint density at radius 3 is 2.82 bits per heavy atom. The Kier molecular flexibility index (Phi) is 2.98. The summed E-state index contributed by atoms with van der Waals surface area (Å²) >= 11 is 3.03. The molecule has 2 heteroatoms. The molecule has 1 aliphatic carbocycles. The molecule has 1 aliphatic rings. The summed E-state index contributed by atoms with van der Waals surface area (Å²) in [6.07, 6.45) is 4.25. The lowest BCUT2D eigenvalue weighted by Crippen LogP contribution is -2.37. The Morgan fingerprint density at radius 1 is 1.55 bits per heavy atom. The van der Waals surface area contributed by atoms with Gasteiger partial charge in [-0.3, -0.25) is 0 Å². The van der Waals surface area contributed by atoms with E-state index in [-0.39, 0.29) is 0 Å². The molecule has 1 N–H and O–H groups in total. The molecule has 0 radical (unpaired) electrons. The van der Waals surface area contributed by atoms with Gasteiger partial charge in [0.15, 0.2) is 0 Å². The van der Waals surface area contributed by atoms with Crippen LogP contribution in [0.4, 0.5) is 0 Å². The van der Waals surface area contributed by atoms with Gasteiger partial charge in [0.1, 0.15) is 5.60 Å². The Morgan fingerprint density at radius 2 is 2.27 bits per heavy atom. The van der Waals surface area contributed by atoms with Gasteiger partial charge in [0, 0.05) is 15.9 Å². The van der Waals surface area contributed by atoms with Crippen LogP contribution >= 0.6 is 15.9 Å². The minimum Gasteiger partial charge on any atom is -0.377 e. The van der Waals surface area contributed by atoms with Crippen LogP contribution in [0.2, 0.25) is 0 Å². The van der Waals surface area contributed by atoms with Crippen LogP contribution in [0.15, 0.2) is 0 Å². The van der Waals surface area contributed by atoms with Crippen molar-refractivity contribution in [3.8, 4) is 10.8 Å². The number of halogens is 1. The lowest BCUT2D eigenvalue weighted by Gasteiger charge is -2.33.